The lowest BCUT2D eigenvalue weighted by molar-refractivity contribution is 0.0715. The highest BCUT2D eigenvalue weighted by Crippen LogP contribution is 2.31. The molecule has 3 aliphatic heterocycles. The molecular weight excluding hydrogens is 332 g/mol. The molecule has 3 fully saturated rings. The summed E-state index contributed by atoms with van der Waals surface area (Å²) in [5.41, 5.74) is 0.793. The number of nitrogens with one attached hydrogen (secondary N) is 1. The van der Waals surface area contributed by atoms with Crippen molar-refractivity contribution in [2.75, 3.05) is 19.6 Å². The Balaban J connectivity index is 1.26. The first-order valence-electron chi connectivity index (χ1n) is 9.04. The third-order valence-corrected chi connectivity index (χ3v) is 5.40. The Morgan fingerprint density at radius 1 is 1.08 bits per heavy atom. The van der Waals surface area contributed by atoms with Crippen LogP contribution >= 0.6 is 0 Å². The molecule has 6 rings (SSSR count). The van der Waals surface area contributed by atoms with Gasteiger partial charge in [-0.15, -0.1) is 0 Å². The molecule has 1 N–H and O–H groups in total. The van der Waals surface area contributed by atoms with E-state index in [1.165, 1.54) is 0 Å². The Morgan fingerprint density at radius 3 is 2.69 bits per heavy atom. The van der Waals surface area contributed by atoms with Crippen LogP contribution in [0, 0.1) is 5.92 Å². The van der Waals surface area contributed by atoms with Crippen LogP contribution in [0.25, 0.3) is 22.5 Å². The van der Waals surface area contributed by atoms with Gasteiger partial charge in [0.15, 0.2) is 11.5 Å². The molecule has 5 heterocycles. The van der Waals surface area contributed by atoms with Crippen LogP contribution in [-0.2, 0) is 0 Å². The summed E-state index contributed by atoms with van der Waals surface area (Å²) < 4.78 is 16.7. The van der Waals surface area contributed by atoms with Gasteiger partial charge in [0.05, 0.1) is 0 Å². The molecule has 1 atom stereocenters. The van der Waals surface area contributed by atoms with Gasteiger partial charge >= 0.3 is 6.09 Å². The number of piperidine rings is 3. The fourth-order valence-electron chi connectivity index (χ4n) is 4.01. The number of carbonyl (C=O) groups is 1. The van der Waals surface area contributed by atoms with Gasteiger partial charge < -0.3 is 23.8 Å². The molecule has 26 heavy (non-hydrogen) atoms. The topological polar surface area (TPSA) is 67.9 Å². The minimum Gasteiger partial charge on any atom is -0.453 e. The van der Waals surface area contributed by atoms with Crippen LogP contribution in [-0.4, -0.2) is 36.7 Å². The minimum atomic E-state index is -0.464. The van der Waals surface area contributed by atoms with Gasteiger partial charge in [-0.05, 0) is 50.0 Å². The van der Waals surface area contributed by atoms with E-state index in [9.17, 15) is 4.79 Å². The molecule has 1 aromatic carbocycles. The summed E-state index contributed by atoms with van der Waals surface area (Å²) in [5.74, 6) is 1.86. The standard InChI is InChI=1S/C20H20N2O4/c23-20(21-15-12-22-9-7-13(15)8-10-22)26-19-6-5-17(25-19)18-11-14-3-1-2-4-16(14)24-18/h1-6,11,13,15H,7-10,12H2,(H,21,23). The van der Waals surface area contributed by atoms with Crippen molar-refractivity contribution in [3.63, 3.8) is 0 Å². The molecule has 3 saturated heterocycles. The van der Waals surface area contributed by atoms with Gasteiger partial charge in [0, 0.05) is 24.0 Å². The Bertz CT molecular complexity index is 903. The van der Waals surface area contributed by atoms with Gasteiger partial charge in [-0.3, -0.25) is 0 Å². The molecular formula is C20H20N2O4. The van der Waals surface area contributed by atoms with Crippen molar-refractivity contribution in [3.05, 3.63) is 42.5 Å². The van der Waals surface area contributed by atoms with Crippen LogP contribution in [0.2, 0.25) is 0 Å². The number of carbonyl (C=O) groups excluding carboxylic acids is 1. The highest BCUT2D eigenvalue weighted by molar-refractivity contribution is 5.81. The molecule has 3 aromatic rings. The van der Waals surface area contributed by atoms with E-state index >= 15 is 0 Å². The Kier molecular flexibility index (Phi) is 3.71. The van der Waals surface area contributed by atoms with E-state index in [1.54, 1.807) is 12.1 Å². The maximum atomic E-state index is 12.2. The second-order valence-corrected chi connectivity index (χ2v) is 7.05. The van der Waals surface area contributed by atoms with Gasteiger partial charge in [0.1, 0.15) is 5.58 Å². The number of ether oxygens (including phenoxy) is 1. The zero-order chi connectivity index (χ0) is 17.5. The quantitative estimate of drug-likeness (QED) is 0.775. The SMILES string of the molecule is O=C(NC1CN2CCC1CC2)Oc1ccc(-c2cc3ccccc3o2)o1. The zero-order valence-electron chi connectivity index (χ0n) is 14.3. The van der Waals surface area contributed by atoms with Gasteiger partial charge in [-0.1, -0.05) is 18.2 Å². The highest BCUT2D eigenvalue weighted by Gasteiger charge is 2.35. The van der Waals surface area contributed by atoms with Crippen molar-refractivity contribution in [2.45, 2.75) is 18.9 Å². The van der Waals surface area contributed by atoms with Gasteiger partial charge in [0.2, 0.25) is 0 Å². The Morgan fingerprint density at radius 2 is 1.92 bits per heavy atom. The Hall–Kier alpha value is -2.73. The van der Waals surface area contributed by atoms with Crippen molar-refractivity contribution in [2.24, 2.45) is 5.92 Å². The van der Waals surface area contributed by atoms with Gasteiger partial charge in [-0.25, -0.2) is 4.79 Å². The normalized spacial score (nSPS) is 24.7. The molecule has 0 aliphatic carbocycles. The second kappa shape index (κ2) is 6.21. The molecule has 0 saturated carbocycles. The second-order valence-electron chi connectivity index (χ2n) is 7.05. The maximum Gasteiger partial charge on any atom is 0.415 e. The van der Waals surface area contributed by atoms with Crippen LogP contribution in [0.1, 0.15) is 12.8 Å². The molecule has 2 aromatic heterocycles. The summed E-state index contributed by atoms with van der Waals surface area (Å²) in [6, 6.07) is 13.2. The average Bonchev–Trinajstić information content (AvgIpc) is 3.29. The summed E-state index contributed by atoms with van der Waals surface area (Å²) in [4.78, 5) is 14.6. The van der Waals surface area contributed by atoms with Crippen molar-refractivity contribution >= 4 is 17.1 Å². The smallest absolute Gasteiger partial charge is 0.415 e. The number of hydrogen-bond acceptors (Lipinski definition) is 5. The van der Waals surface area contributed by atoms with E-state index in [1.807, 2.05) is 30.3 Å². The largest absolute Gasteiger partial charge is 0.453 e. The molecule has 0 spiro atoms. The predicted octanol–water partition coefficient (Wildman–Crippen LogP) is 3.88. The van der Waals surface area contributed by atoms with Crippen molar-refractivity contribution < 1.29 is 18.4 Å². The monoisotopic (exact) mass is 352 g/mol. The van der Waals surface area contributed by atoms with Gasteiger partial charge in [-0.2, -0.15) is 0 Å². The van der Waals surface area contributed by atoms with Crippen molar-refractivity contribution in [3.8, 4) is 17.5 Å². The number of fused-ring (bicyclic) bond motifs is 4. The fourth-order valence-corrected chi connectivity index (χ4v) is 4.01. The molecule has 6 nitrogen and oxygen atoms in total. The lowest BCUT2D eigenvalue weighted by atomic mass is 9.84. The summed E-state index contributed by atoms with van der Waals surface area (Å²) in [6.45, 7) is 3.18. The summed E-state index contributed by atoms with van der Waals surface area (Å²) >= 11 is 0. The number of amides is 1. The molecule has 1 amide bonds. The third-order valence-electron chi connectivity index (χ3n) is 5.40. The zero-order valence-corrected chi connectivity index (χ0v) is 14.3. The van der Waals surface area contributed by atoms with Crippen LogP contribution in [0.4, 0.5) is 4.79 Å². The number of hydrogen-bond donors (Lipinski definition) is 1. The summed E-state index contributed by atoms with van der Waals surface area (Å²) in [5, 5.41) is 3.98. The molecule has 0 radical (unpaired) electrons. The van der Waals surface area contributed by atoms with Crippen LogP contribution in [0.15, 0.2) is 51.3 Å². The summed E-state index contributed by atoms with van der Waals surface area (Å²) in [6.07, 6.45) is 1.82. The summed E-state index contributed by atoms with van der Waals surface area (Å²) in [7, 11) is 0. The van der Waals surface area contributed by atoms with Crippen LogP contribution in [0.5, 0.6) is 5.95 Å². The number of rotatable bonds is 3. The highest BCUT2D eigenvalue weighted by atomic mass is 16.6. The van der Waals surface area contributed by atoms with E-state index in [2.05, 4.69) is 10.2 Å². The first-order chi connectivity index (χ1) is 12.7. The lowest BCUT2D eigenvalue weighted by Crippen LogP contribution is -2.57. The van der Waals surface area contributed by atoms with Crippen molar-refractivity contribution in [1.82, 2.24) is 10.2 Å². The number of furan rings is 2. The van der Waals surface area contributed by atoms with E-state index in [4.69, 9.17) is 13.6 Å². The minimum absolute atomic E-state index is 0.162. The lowest BCUT2D eigenvalue weighted by Gasteiger charge is -2.44. The van der Waals surface area contributed by atoms with Gasteiger partial charge in [0.25, 0.3) is 5.95 Å². The molecule has 3 aliphatic rings. The first-order valence-corrected chi connectivity index (χ1v) is 9.04. The average molecular weight is 352 g/mol. The molecule has 134 valence electrons. The van der Waals surface area contributed by atoms with E-state index in [0.717, 1.165) is 43.4 Å². The maximum absolute atomic E-state index is 12.2. The molecule has 2 bridgehead atoms. The fraction of sp³-hybridized carbons (Fsp3) is 0.350. The van der Waals surface area contributed by atoms with Crippen LogP contribution < -0.4 is 10.1 Å². The molecule has 6 heteroatoms. The first kappa shape index (κ1) is 15.5. The van der Waals surface area contributed by atoms with E-state index in [-0.39, 0.29) is 12.0 Å². The van der Waals surface area contributed by atoms with Crippen LogP contribution in [0.3, 0.4) is 0 Å². The predicted molar refractivity (Wildman–Crippen MR) is 96.0 cm³/mol. The Labute approximate surface area is 150 Å². The number of para-hydroxylation sites is 1. The number of benzene rings is 1. The van der Waals surface area contributed by atoms with E-state index < -0.39 is 6.09 Å². The molecule has 1 unspecified atom stereocenters. The number of nitrogens with zero attached hydrogens (tertiary/aromatic N) is 1. The van der Waals surface area contributed by atoms with E-state index in [0.29, 0.717) is 17.4 Å². The van der Waals surface area contributed by atoms with Crippen molar-refractivity contribution in [1.29, 1.82) is 0 Å². The third kappa shape index (κ3) is 2.86.